The van der Waals surface area contributed by atoms with Crippen molar-refractivity contribution in [2.75, 3.05) is 12.3 Å². The summed E-state index contributed by atoms with van der Waals surface area (Å²) in [7, 11) is -3.23. The van der Waals surface area contributed by atoms with E-state index in [9.17, 15) is 13.2 Å². The Morgan fingerprint density at radius 1 is 0.935 bits per heavy atom. The monoisotopic (exact) mass is 434 g/mol. The number of hydrogen-bond donors (Lipinski definition) is 1. The van der Waals surface area contributed by atoms with E-state index in [2.05, 4.69) is 10.5 Å². The van der Waals surface area contributed by atoms with E-state index in [4.69, 9.17) is 4.52 Å². The smallest absolute Gasteiger partial charge is 0.251 e. The molecule has 0 spiro atoms. The van der Waals surface area contributed by atoms with Crippen molar-refractivity contribution in [3.63, 3.8) is 0 Å². The Morgan fingerprint density at radius 3 is 2.39 bits per heavy atom. The van der Waals surface area contributed by atoms with Crippen LogP contribution in [0.4, 0.5) is 0 Å². The third kappa shape index (κ3) is 5.19. The van der Waals surface area contributed by atoms with E-state index in [1.165, 1.54) is 0 Å². The zero-order valence-electron chi connectivity index (χ0n) is 16.8. The van der Waals surface area contributed by atoms with Gasteiger partial charge >= 0.3 is 0 Å². The number of nitrogens with one attached hydrogen (secondary N) is 1. The molecule has 0 radical (unpaired) electrons. The average molecular weight is 435 g/mol. The van der Waals surface area contributed by atoms with Crippen LogP contribution in [-0.2, 0) is 15.6 Å². The quantitative estimate of drug-likeness (QED) is 0.419. The van der Waals surface area contributed by atoms with Crippen LogP contribution in [0.3, 0.4) is 0 Å². The van der Waals surface area contributed by atoms with Crippen molar-refractivity contribution >= 4 is 26.6 Å². The number of hydrogen-bond acceptors (Lipinski definition) is 5. The maximum absolute atomic E-state index is 12.6. The van der Waals surface area contributed by atoms with Gasteiger partial charge in [0.25, 0.3) is 5.91 Å². The van der Waals surface area contributed by atoms with E-state index >= 15 is 0 Å². The molecule has 3 aromatic carbocycles. The first-order valence-electron chi connectivity index (χ1n) is 9.99. The highest BCUT2D eigenvalue weighted by atomic mass is 32.2. The van der Waals surface area contributed by atoms with Crippen LogP contribution in [0.1, 0.15) is 22.3 Å². The van der Waals surface area contributed by atoms with Crippen LogP contribution in [0.25, 0.3) is 22.2 Å². The topological polar surface area (TPSA) is 89.3 Å². The number of fused-ring (bicyclic) bond motifs is 1. The molecule has 7 heteroatoms. The van der Waals surface area contributed by atoms with Crippen molar-refractivity contribution in [2.24, 2.45) is 0 Å². The third-order valence-electron chi connectivity index (χ3n) is 4.92. The lowest BCUT2D eigenvalue weighted by Crippen LogP contribution is -2.26. The van der Waals surface area contributed by atoms with Gasteiger partial charge in [-0.15, -0.1) is 0 Å². The van der Waals surface area contributed by atoms with E-state index in [-0.39, 0.29) is 24.0 Å². The zero-order chi connectivity index (χ0) is 21.7. The van der Waals surface area contributed by atoms with Gasteiger partial charge in [0.1, 0.15) is 5.52 Å². The molecule has 0 fully saturated rings. The second kappa shape index (κ2) is 9.14. The minimum Gasteiger partial charge on any atom is -0.355 e. The second-order valence-electron chi connectivity index (χ2n) is 7.30. The third-order valence-corrected chi connectivity index (χ3v) is 6.61. The molecule has 6 nitrogen and oxygen atoms in total. The van der Waals surface area contributed by atoms with Crippen LogP contribution in [0.2, 0.25) is 0 Å². The summed E-state index contributed by atoms with van der Waals surface area (Å²) < 4.78 is 30.0. The number of sulfone groups is 1. The van der Waals surface area contributed by atoms with Crippen molar-refractivity contribution < 1.29 is 17.7 Å². The van der Waals surface area contributed by atoms with Gasteiger partial charge in [0.15, 0.2) is 15.6 Å². The Balaban J connectivity index is 1.36. The molecule has 1 N–H and O–H groups in total. The highest BCUT2D eigenvalue weighted by Crippen LogP contribution is 2.29. The van der Waals surface area contributed by atoms with E-state index in [1.807, 2.05) is 48.5 Å². The van der Waals surface area contributed by atoms with Crippen LogP contribution in [-0.4, -0.2) is 31.8 Å². The molecule has 0 atom stereocenters. The van der Waals surface area contributed by atoms with E-state index in [0.29, 0.717) is 23.3 Å². The molecule has 0 saturated carbocycles. The SMILES string of the molecule is O=C(NCCCS(=O)(=O)Cc1ccccc1)c1ccc2noc(-c3ccccc3)c2c1. The molecule has 1 amide bonds. The average Bonchev–Trinajstić information content (AvgIpc) is 3.21. The first-order valence-corrected chi connectivity index (χ1v) is 11.8. The Hall–Kier alpha value is -3.45. The van der Waals surface area contributed by atoms with Crippen molar-refractivity contribution in [1.82, 2.24) is 10.5 Å². The molecular formula is C24H22N2O4S. The molecule has 31 heavy (non-hydrogen) atoms. The summed E-state index contributed by atoms with van der Waals surface area (Å²) in [6.07, 6.45) is 0.353. The molecule has 4 aromatic rings. The fourth-order valence-electron chi connectivity index (χ4n) is 3.38. The molecule has 0 saturated heterocycles. The zero-order valence-corrected chi connectivity index (χ0v) is 17.6. The number of benzene rings is 3. The van der Waals surface area contributed by atoms with Crippen LogP contribution < -0.4 is 5.32 Å². The van der Waals surface area contributed by atoms with Crippen molar-refractivity contribution in [3.05, 3.63) is 90.0 Å². The highest BCUT2D eigenvalue weighted by Gasteiger charge is 2.15. The van der Waals surface area contributed by atoms with Gasteiger partial charge in [0.05, 0.1) is 16.9 Å². The Kier molecular flexibility index (Phi) is 6.13. The number of amides is 1. The normalized spacial score (nSPS) is 11.5. The first kappa shape index (κ1) is 20.8. The molecular weight excluding hydrogens is 412 g/mol. The van der Waals surface area contributed by atoms with Crippen LogP contribution >= 0.6 is 0 Å². The summed E-state index contributed by atoms with van der Waals surface area (Å²) in [5, 5.41) is 7.61. The summed E-state index contributed by atoms with van der Waals surface area (Å²) in [6.45, 7) is 0.278. The fourth-order valence-corrected chi connectivity index (χ4v) is 4.81. The molecule has 0 aliphatic rings. The summed E-state index contributed by atoms with van der Waals surface area (Å²) in [5.74, 6) is 0.374. The largest absolute Gasteiger partial charge is 0.355 e. The minimum absolute atomic E-state index is 0.00814. The molecule has 0 aliphatic heterocycles. The number of aromatic nitrogens is 1. The number of carbonyl (C=O) groups is 1. The number of nitrogens with zero attached hydrogens (tertiary/aromatic N) is 1. The maximum atomic E-state index is 12.6. The number of rotatable bonds is 8. The van der Waals surface area contributed by atoms with Gasteiger partial charge in [-0.3, -0.25) is 4.79 Å². The van der Waals surface area contributed by atoms with E-state index in [1.54, 1.807) is 30.3 Å². The van der Waals surface area contributed by atoms with Gasteiger partial charge in [0, 0.05) is 17.7 Å². The summed E-state index contributed by atoms with van der Waals surface area (Å²) in [4.78, 5) is 12.6. The van der Waals surface area contributed by atoms with Crippen LogP contribution in [0, 0.1) is 0 Å². The standard InChI is InChI=1S/C24H22N2O4S/c27-24(25-14-7-15-31(28,29)17-18-8-3-1-4-9-18)20-12-13-22-21(16-20)23(30-26-22)19-10-5-2-6-11-19/h1-6,8-13,16H,7,14-15,17H2,(H,25,27). The van der Waals surface area contributed by atoms with Crippen LogP contribution in [0.5, 0.6) is 0 Å². The molecule has 158 valence electrons. The fraction of sp³-hybridized carbons (Fsp3) is 0.167. The lowest BCUT2D eigenvalue weighted by molar-refractivity contribution is 0.0954. The second-order valence-corrected chi connectivity index (χ2v) is 9.48. The van der Waals surface area contributed by atoms with Gasteiger partial charge in [-0.25, -0.2) is 8.42 Å². The lowest BCUT2D eigenvalue weighted by atomic mass is 10.1. The highest BCUT2D eigenvalue weighted by molar-refractivity contribution is 7.90. The van der Waals surface area contributed by atoms with E-state index in [0.717, 1.165) is 16.5 Å². The Morgan fingerprint density at radius 2 is 1.65 bits per heavy atom. The molecule has 1 aromatic heterocycles. The lowest BCUT2D eigenvalue weighted by Gasteiger charge is -2.07. The number of carbonyl (C=O) groups excluding carboxylic acids is 1. The van der Waals surface area contributed by atoms with Gasteiger partial charge in [0.2, 0.25) is 0 Å². The molecule has 0 bridgehead atoms. The van der Waals surface area contributed by atoms with Crippen LogP contribution in [0.15, 0.2) is 83.4 Å². The Bertz CT molecular complexity index is 1280. The Labute approximate surface area is 180 Å². The predicted molar refractivity (Wildman–Crippen MR) is 120 cm³/mol. The van der Waals surface area contributed by atoms with E-state index < -0.39 is 9.84 Å². The van der Waals surface area contributed by atoms with Crippen molar-refractivity contribution in [2.45, 2.75) is 12.2 Å². The predicted octanol–water partition coefficient (Wildman–Crippen LogP) is 4.23. The van der Waals surface area contributed by atoms with Gasteiger partial charge in [-0.2, -0.15) is 0 Å². The molecule has 0 aliphatic carbocycles. The maximum Gasteiger partial charge on any atom is 0.251 e. The summed E-state index contributed by atoms with van der Waals surface area (Å²) >= 11 is 0. The van der Waals surface area contributed by atoms with Crippen molar-refractivity contribution in [3.8, 4) is 11.3 Å². The summed E-state index contributed by atoms with van der Waals surface area (Å²) in [5.41, 5.74) is 2.79. The molecule has 4 rings (SSSR count). The molecule has 1 heterocycles. The van der Waals surface area contributed by atoms with Crippen molar-refractivity contribution in [1.29, 1.82) is 0 Å². The van der Waals surface area contributed by atoms with Gasteiger partial charge in [-0.05, 0) is 30.2 Å². The van der Waals surface area contributed by atoms with Gasteiger partial charge in [-0.1, -0.05) is 65.8 Å². The van der Waals surface area contributed by atoms with Gasteiger partial charge < -0.3 is 9.84 Å². The molecule has 0 unspecified atom stereocenters. The minimum atomic E-state index is -3.23. The first-order chi connectivity index (χ1) is 15.0. The summed E-state index contributed by atoms with van der Waals surface area (Å²) in [6, 6.07) is 23.8.